The fraction of sp³-hybridized carbons (Fsp3) is 0.500. The van der Waals surface area contributed by atoms with E-state index in [0.29, 0.717) is 17.9 Å². The highest BCUT2D eigenvalue weighted by Crippen LogP contribution is 2.41. The van der Waals surface area contributed by atoms with Gasteiger partial charge in [0.2, 0.25) is 5.82 Å². The Kier molecular flexibility index (Phi) is 6.66. The Bertz CT molecular complexity index is 1180. The molecule has 2 N–H and O–H groups in total. The molecule has 1 aromatic carbocycles. The quantitative estimate of drug-likeness (QED) is 0.404. The second-order valence-electron chi connectivity index (χ2n) is 9.85. The van der Waals surface area contributed by atoms with E-state index >= 15 is 0 Å². The van der Waals surface area contributed by atoms with Crippen molar-refractivity contribution in [1.82, 2.24) is 35.7 Å². The summed E-state index contributed by atoms with van der Waals surface area (Å²) in [5.41, 5.74) is 2.41. The lowest BCUT2D eigenvalue weighted by molar-refractivity contribution is -0.117. The van der Waals surface area contributed by atoms with Gasteiger partial charge in [-0.05, 0) is 66.7 Å². The Morgan fingerprint density at radius 2 is 1.97 bits per heavy atom. The van der Waals surface area contributed by atoms with Crippen LogP contribution in [0.25, 0.3) is 11.1 Å². The van der Waals surface area contributed by atoms with Crippen LogP contribution in [0.2, 0.25) is 0 Å². The van der Waals surface area contributed by atoms with Gasteiger partial charge in [0.15, 0.2) is 0 Å². The van der Waals surface area contributed by atoms with Crippen LogP contribution in [0.3, 0.4) is 0 Å². The molecular formula is C26H33N7O2. The van der Waals surface area contributed by atoms with E-state index in [1.807, 2.05) is 48.1 Å². The summed E-state index contributed by atoms with van der Waals surface area (Å²) in [7, 11) is 0. The van der Waals surface area contributed by atoms with Crippen LogP contribution in [-0.2, 0) is 16.9 Å². The first-order chi connectivity index (χ1) is 17.1. The van der Waals surface area contributed by atoms with Crippen molar-refractivity contribution >= 4 is 17.1 Å². The Morgan fingerprint density at radius 3 is 2.69 bits per heavy atom. The number of rotatable bonds is 11. The SMILES string of the molecule is CCCCCCOc1ccc([C@]2(C)CC(c3ccn(CC4CC4)n3)=C(c3nn[nH]n3)C(=O)N2)cc1. The van der Waals surface area contributed by atoms with E-state index in [0.717, 1.165) is 42.2 Å². The molecule has 2 aliphatic rings. The fourth-order valence-electron chi connectivity index (χ4n) is 4.66. The van der Waals surface area contributed by atoms with E-state index in [4.69, 9.17) is 9.84 Å². The van der Waals surface area contributed by atoms with E-state index in [1.165, 1.54) is 32.1 Å². The Morgan fingerprint density at radius 1 is 1.14 bits per heavy atom. The summed E-state index contributed by atoms with van der Waals surface area (Å²) in [6, 6.07) is 10.0. The van der Waals surface area contributed by atoms with E-state index < -0.39 is 5.54 Å². The predicted octanol–water partition coefficient (Wildman–Crippen LogP) is 4.11. The van der Waals surface area contributed by atoms with Crippen LogP contribution in [0.1, 0.15) is 75.9 Å². The molecule has 0 unspecified atom stereocenters. The molecule has 0 bridgehead atoms. The number of H-pyrrole nitrogens is 1. The lowest BCUT2D eigenvalue weighted by atomic mass is 9.79. The molecule has 3 aromatic rings. The van der Waals surface area contributed by atoms with Gasteiger partial charge in [-0.2, -0.15) is 10.3 Å². The monoisotopic (exact) mass is 475 g/mol. The molecule has 1 aliphatic heterocycles. The molecule has 1 aliphatic carbocycles. The smallest absolute Gasteiger partial charge is 0.256 e. The minimum absolute atomic E-state index is 0.233. The number of aromatic amines is 1. The van der Waals surface area contributed by atoms with Crippen LogP contribution >= 0.6 is 0 Å². The first kappa shape index (κ1) is 23.3. The average molecular weight is 476 g/mol. The zero-order chi connectivity index (χ0) is 24.3. The highest BCUT2D eigenvalue weighted by Gasteiger charge is 2.40. The summed E-state index contributed by atoms with van der Waals surface area (Å²) in [5.74, 6) is 1.60. The molecule has 1 fully saturated rings. The van der Waals surface area contributed by atoms with Gasteiger partial charge in [0.25, 0.3) is 5.91 Å². The minimum atomic E-state index is -0.612. The molecule has 9 nitrogen and oxygen atoms in total. The summed E-state index contributed by atoms with van der Waals surface area (Å²) in [4.78, 5) is 13.4. The van der Waals surface area contributed by atoms with Crippen molar-refractivity contribution < 1.29 is 9.53 Å². The number of aromatic nitrogens is 6. The first-order valence-electron chi connectivity index (χ1n) is 12.6. The molecule has 1 atom stereocenters. The topological polar surface area (TPSA) is 111 Å². The number of carbonyl (C=O) groups excluding carboxylic acids is 1. The van der Waals surface area contributed by atoms with E-state index in [2.05, 4.69) is 32.9 Å². The molecule has 1 saturated carbocycles. The van der Waals surface area contributed by atoms with Gasteiger partial charge in [-0.1, -0.05) is 38.3 Å². The van der Waals surface area contributed by atoms with Gasteiger partial charge in [0.05, 0.1) is 23.4 Å². The third-order valence-electron chi connectivity index (χ3n) is 6.87. The maximum atomic E-state index is 13.4. The number of nitrogens with one attached hydrogen (secondary N) is 2. The summed E-state index contributed by atoms with van der Waals surface area (Å²) >= 11 is 0. The van der Waals surface area contributed by atoms with Crippen LogP contribution in [0.5, 0.6) is 5.75 Å². The maximum absolute atomic E-state index is 13.4. The van der Waals surface area contributed by atoms with Crippen molar-refractivity contribution in [3.8, 4) is 5.75 Å². The Labute approximate surface area is 205 Å². The summed E-state index contributed by atoms with van der Waals surface area (Å²) in [6.45, 7) is 5.88. The molecule has 184 valence electrons. The number of benzene rings is 1. The van der Waals surface area contributed by atoms with Crippen LogP contribution in [0.4, 0.5) is 0 Å². The van der Waals surface area contributed by atoms with Crippen molar-refractivity contribution in [3.05, 3.63) is 53.6 Å². The van der Waals surface area contributed by atoms with Gasteiger partial charge in [0.1, 0.15) is 5.75 Å². The zero-order valence-corrected chi connectivity index (χ0v) is 20.5. The summed E-state index contributed by atoms with van der Waals surface area (Å²) in [6.07, 6.45) is 9.75. The Hall–Kier alpha value is -3.49. The first-order valence-corrected chi connectivity index (χ1v) is 12.6. The highest BCUT2D eigenvalue weighted by atomic mass is 16.5. The van der Waals surface area contributed by atoms with Crippen molar-refractivity contribution in [1.29, 1.82) is 0 Å². The molecule has 0 radical (unpaired) electrons. The minimum Gasteiger partial charge on any atom is -0.494 e. The second kappa shape index (κ2) is 10.0. The molecule has 9 heteroatoms. The third-order valence-corrected chi connectivity index (χ3v) is 6.87. The number of ether oxygens (including phenoxy) is 1. The summed E-state index contributed by atoms with van der Waals surface area (Å²) < 4.78 is 7.89. The van der Waals surface area contributed by atoms with Gasteiger partial charge in [-0.25, -0.2) is 0 Å². The van der Waals surface area contributed by atoms with E-state index in [1.54, 1.807) is 0 Å². The number of unbranched alkanes of at least 4 members (excludes halogenated alkanes) is 3. The number of carbonyl (C=O) groups is 1. The van der Waals surface area contributed by atoms with E-state index in [-0.39, 0.29) is 11.7 Å². The number of hydrogen-bond acceptors (Lipinski definition) is 6. The summed E-state index contributed by atoms with van der Waals surface area (Å²) in [5, 5.41) is 22.3. The normalized spacial score (nSPS) is 20.2. The average Bonchev–Trinajstić information content (AvgIpc) is 3.29. The standard InChI is InChI=1S/C26H33N7O2/c1-3-4-5-6-15-35-20-11-9-19(10-12-20)26(2)16-21(22-13-14-33(30-22)17-18-7-8-18)23(25(34)27-26)24-28-31-32-29-24/h9-14,18H,3-8,15-17H2,1-2H3,(H,27,34)(H,28,29,31,32)/t26-/m0/s1. The molecule has 2 aromatic heterocycles. The largest absolute Gasteiger partial charge is 0.494 e. The highest BCUT2D eigenvalue weighted by molar-refractivity contribution is 6.27. The van der Waals surface area contributed by atoms with Crippen molar-refractivity contribution in [2.75, 3.05) is 6.61 Å². The van der Waals surface area contributed by atoms with Crippen molar-refractivity contribution in [2.45, 2.75) is 70.9 Å². The molecule has 1 amide bonds. The molecule has 0 saturated heterocycles. The van der Waals surface area contributed by atoms with Gasteiger partial charge >= 0.3 is 0 Å². The molecule has 0 spiro atoms. The lowest BCUT2D eigenvalue weighted by Gasteiger charge is -2.36. The van der Waals surface area contributed by atoms with Crippen LogP contribution < -0.4 is 10.1 Å². The number of tetrazole rings is 1. The third kappa shape index (κ3) is 5.28. The number of hydrogen-bond donors (Lipinski definition) is 2. The van der Waals surface area contributed by atoms with Crippen LogP contribution in [0.15, 0.2) is 36.5 Å². The number of nitrogens with zero attached hydrogens (tertiary/aromatic N) is 5. The van der Waals surface area contributed by atoms with Gasteiger partial charge < -0.3 is 10.1 Å². The maximum Gasteiger partial charge on any atom is 0.256 e. The molecular weight excluding hydrogens is 442 g/mol. The van der Waals surface area contributed by atoms with Gasteiger partial charge in [0, 0.05) is 19.2 Å². The van der Waals surface area contributed by atoms with Crippen LogP contribution in [0, 0.1) is 5.92 Å². The second-order valence-corrected chi connectivity index (χ2v) is 9.85. The predicted molar refractivity (Wildman–Crippen MR) is 132 cm³/mol. The fourth-order valence-corrected chi connectivity index (χ4v) is 4.66. The van der Waals surface area contributed by atoms with Gasteiger partial charge in [-0.15, -0.1) is 10.2 Å². The van der Waals surface area contributed by atoms with Crippen molar-refractivity contribution in [2.24, 2.45) is 5.92 Å². The molecule has 3 heterocycles. The lowest BCUT2D eigenvalue weighted by Crippen LogP contribution is -2.47. The number of amides is 1. The zero-order valence-electron chi connectivity index (χ0n) is 20.5. The van der Waals surface area contributed by atoms with Crippen molar-refractivity contribution in [3.63, 3.8) is 0 Å². The van der Waals surface area contributed by atoms with Crippen LogP contribution in [-0.4, -0.2) is 42.9 Å². The Balaban J connectivity index is 1.39. The van der Waals surface area contributed by atoms with E-state index in [9.17, 15) is 4.79 Å². The molecule has 35 heavy (non-hydrogen) atoms. The molecule has 5 rings (SSSR count). The van der Waals surface area contributed by atoms with Gasteiger partial charge in [-0.3, -0.25) is 9.48 Å².